The Morgan fingerprint density at radius 3 is 2.92 bits per heavy atom. The van der Waals surface area contributed by atoms with Gasteiger partial charge in [0.05, 0.1) is 12.9 Å². The highest BCUT2D eigenvalue weighted by molar-refractivity contribution is 5.70. The molecule has 2 saturated heterocycles. The minimum Gasteiger partial charge on any atom is -0.381 e. The number of imidazole rings is 1. The Morgan fingerprint density at radius 2 is 2.24 bits per heavy atom. The third kappa shape index (κ3) is 1.74. The number of aromatic nitrogens is 4. The number of anilines is 1. The van der Waals surface area contributed by atoms with E-state index in [4.69, 9.17) is 24.7 Å². The molecule has 134 valence electrons. The number of nitrogens with one attached hydrogen (secondary N) is 1. The largest absolute Gasteiger partial charge is 0.381 e. The van der Waals surface area contributed by atoms with Crippen molar-refractivity contribution < 1.29 is 18.9 Å². The van der Waals surface area contributed by atoms with Crippen LogP contribution in [0.2, 0.25) is 0 Å². The molecule has 3 unspecified atom stereocenters. The van der Waals surface area contributed by atoms with Crippen molar-refractivity contribution in [3.63, 3.8) is 0 Å². The van der Waals surface area contributed by atoms with E-state index in [-0.39, 0.29) is 34.8 Å². The number of fused-ring (bicyclic) bond motifs is 4. The summed E-state index contributed by atoms with van der Waals surface area (Å²) in [5, 5.41) is 0. The predicted octanol–water partition coefficient (Wildman–Crippen LogP) is -0.438. The van der Waals surface area contributed by atoms with Crippen molar-refractivity contribution in [1.29, 1.82) is 0 Å². The van der Waals surface area contributed by atoms with Crippen molar-refractivity contribution in [2.75, 3.05) is 26.6 Å². The first-order valence-electron chi connectivity index (χ1n) is 8.15. The van der Waals surface area contributed by atoms with Gasteiger partial charge in [-0.2, -0.15) is 4.98 Å². The zero-order valence-corrected chi connectivity index (χ0v) is 13.9. The molecule has 2 aliphatic heterocycles. The molecule has 3 fully saturated rings. The fourth-order valence-corrected chi connectivity index (χ4v) is 4.40. The number of nitrogens with zero attached hydrogens (tertiary/aromatic N) is 3. The molecule has 2 bridgehead atoms. The van der Waals surface area contributed by atoms with Gasteiger partial charge in [-0.15, -0.1) is 0 Å². The first kappa shape index (κ1) is 15.3. The average Bonchev–Trinajstić information content (AvgIpc) is 3.00. The van der Waals surface area contributed by atoms with Gasteiger partial charge in [0.1, 0.15) is 17.8 Å². The predicted molar refractivity (Wildman–Crippen MR) is 84.9 cm³/mol. The Hall–Kier alpha value is -2.01. The van der Waals surface area contributed by atoms with Gasteiger partial charge in [0, 0.05) is 14.2 Å². The Morgan fingerprint density at radius 1 is 1.44 bits per heavy atom. The Bertz CT molecular complexity index is 905. The molecule has 2 aromatic heterocycles. The van der Waals surface area contributed by atoms with Gasteiger partial charge in [-0.1, -0.05) is 0 Å². The molecule has 0 radical (unpaired) electrons. The van der Waals surface area contributed by atoms with Crippen LogP contribution in [0, 0.1) is 0 Å². The molecule has 0 aromatic carbocycles. The molecule has 10 nitrogen and oxygen atoms in total. The van der Waals surface area contributed by atoms with E-state index < -0.39 is 11.8 Å². The fourth-order valence-electron chi connectivity index (χ4n) is 4.40. The van der Waals surface area contributed by atoms with E-state index in [1.165, 1.54) is 6.33 Å². The first-order valence-corrected chi connectivity index (χ1v) is 8.15. The lowest BCUT2D eigenvalue weighted by Crippen LogP contribution is -2.53. The number of H-pyrrole nitrogens is 1. The maximum atomic E-state index is 12.0. The van der Waals surface area contributed by atoms with Gasteiger partial charge in [0.25, 0.3) is 5.56 Å². The SMILES string of the molecule is COC[C@@]12OC(n3cnc4c(=O)[nH]c(N)nc43)C(OC13CC3)C2OC. The topological polar surface area (TPSA) is 127 Å². The van der Waals surface area contributed by atoms with Crippen LogP contribution in [0.15, 0.2) is 11.1 Å². The van der Waals surface area contributed by atoms with Crippen LogP contribution in [-0.4, -0.2) is 63.8 Å². The van der Waals surface area contributed by atoms with Gasteiger partial charge in [-0.05, 0) is 12.8 Å². The molecular weight excluding hydrogens is 330 g/mol. The average molecular weight is 349 g/mol. The number of hydrogen-bond acceptors (Lipinski definition) is 8. The van der Waals surface area contributed by atoms with Crippen molar-refractivity contribution >= 4 is 17.1 Å². The second-order valence-corrected chi connectivity index (χ2v) is 6.84. The van der Waals surface area contributed by atoms with Crippen molar-refractivity contribution in [3.8, 4) is 0 Å². The standard InChI is InChI=1S/C15H19N5O5/c1-22-5-15-9(23-2)8(24-14(15)3-4-14)12(25-15)20-6-17-7-10(20)18-13(16)19-11(7)21/h6,8-9,12H,3-5H2,1-2H3,(H3,16,18,19,21)/t8?,9?,12?,15-/m0/s1. The van der Waals surface area contributed by atoms with Crippen molar-refractivity contribution in [1.82, 2.24) is 19.5 Å². The van der Waals surface area contributed by atoms with E-state index >= 15 is 0 Å². The molecule has 1 spiro atoms. The number of rotatable bonds is 4. The molecule has 2 aromatic rings. The number of nitrogens with two attached hydrogens (primary N) is 1. The lowest BCUT2D eigenvalue weighted by atomic mass is 9.91. The molecule has 4 heterocycles. The highest BCUT2D eigenvalue weighted by atomic mass is 16.7. The van der Waals surface area contributed by atoms with Gasteiger partial charge in [0.15, 0.2) is 23.0 Å². The minimum atomic E-state index is -0.685. The molecule has 1 saturated carbocycles. The molecule has 3 N–H and O–H groups in total. The second-order valence-electron chi connectivity index (χ2n) is 6.84. The molecule has 4 atom stereocenters. The van der Waals surface area contributed by atoms with Crippen molar-refractivity contribution in [3.05, 3.63) is 16.7 Å². The number of ether oxygens (including phenoxy) is 4. The van der Waals surface area contributed by atoms with Gasteiger partial charge in [-0.25, -0.2) is 4.98 Å². The minimum absolute atomic E-state index is 0.0249. The molecular formula is C15H19N5O5. The van der Waals surface area contributed by atoms with E-state index in [0.29, 0.717) is 12.3 Å². The van der Waals surface area contributed by atoms with E-state index in [9.17, 15) is 4.79 Å². The van der Waals surface area contributed by atoms with Crippen LogP contribution < -0.4 is 11.3 Å². The smallest absolute Gasteiger partial charge is 0.280 e. The van der Waals surface area contributed by atoms with Crippen molar-refractivity contribution in [2.45, 2.75) is 42.5 Å². The van der Waals surface area contributed by atoms with E-state index in [0.717, 1.165) is 12.8 Å². The molecule has 3 aliphatic rings. The zero-order chi connectivity index (χ0) is 17.4. The van der Waals surface area contributed by atoms with Crippen LogP contribution >= 0.6 is 0 Å². The number of methoxy groups -OCH3 is 2. The molecule has 0 amide bonds. The summed E-state index contributed by atoms with van der Waals surface area (Å²) in [5.41, 5.74) is 4.81. The quantitative estimate of drug-likeness (QED) is 0.761. The van der Waals surface area contributed by atoms with Crippen LogP contribution in [0.1, 0.15) is 19.1 Å². The lowest BCUT2D eigenvalue weighted by Gasteiger charge is -2.38. The molecule has 1 aliphatic carbocycles. The van der Waals surface area contributed by atoms with Gasteiger partial charge >= 0.3 is 0 Å². The first-order chi connectivity index (χ1) is 12.0. The van der Waals surface area contributed by atoms with Crippen LogP contribution in [0.25, 0.3) is 11.2 Å². The summed E-state index contributed by atoms with van der Waals surface area (Å²) in [6, 6.07) is 0. The molecule has 5 rings (SSSR count). The molecule has 10 heteroatoms. The van der Waals surface area contributed by atoms with Crippen LogP contribution in [0.5, 0.6) is 0 Å². The maximum absolute atomic E-state index is 12.0. The Labute approximate surface area is 142 Å². The summed E-state index contributed by atoms with van der Waals surface area (Å²) in [6.45, 7) is 0.362. The highest BCUT2D eigenvalue weighted by Gasteiger charge is 2.79. The third-order valence-corrected chi connectivity index (χ3v) is 5.54. The molecule has 25 heavy (non-hydrogen) atoms. The number of nitrogen functional groups attached to an aromatic ring is 1. The fraction of sp³-hybridized carbons (Fsp3) is 0.667. The summed E-state index contributed by atoms with van der Waals surface area (Å²) in [4.78, 5) is 22.8. The number of aromatic amines is 1. The summed E-state index contributed by atoms with van der Waals surface area (Å²) < 4.78 is 25.7. The van der Waals surface area contributed by atoms with E-state index in [1.54, 1.807) is 18.8 Å². The maximum Gasteiger partial charge on any atom is 0.280 e. The Balaban J connectivity index is 1.62. The van der Waals surface area contributed by atoms with Gasteiger partial charge in [-0.3, -0.25) is 14.3 Å². The van der Waals surface area contributed by atoms with Crippen molar-refractivity contribution in [2.24, 2.45) is 0 Å². The normalized spacial score (nSPS) is 35.0. The van der Waals surface area contributed by atoms with E-state index in [2.05, 4.69) is 15.0 Å². The summed E-state index contributed by atoms with van der Waals surface area (Å²) in [5.74, 6) is 0.0249. The summed E-state index contributed by atoms with van der Waals surface area (Å²) >= 11 is 0. The number of hydrogen-bond donors (Lipinski definition) is 2. The van der Waals surface area contributed by atoms with Crippen LogP contribution in [0.3, 0.4) is 0 Å². The van der Waals surface area contributed by atoms with Gasteiger partial charge < -0.3 is 24.7 Å². The highest BCUT2D eigenvalue weighted by Crippen LogP contribution is 2.65. The third-order valence-electron chi connectivity index (χ3n) is 5.54. The van der Waals surface area contributed by atoms with Crippen LogP contribution in [0.4, 0.5) is 5.95 Å². The van der Waals surface area contributed by atoms with Crippen LogP contribution in [-0.2, 0) is 18.9 Å². The summed E-state index contributed by atoms with van der Waals surface area (Å²) in [6.07, 6.45) is 2.20. The van der Waals surface area contributed by atoms with Gasteiger partial charge in [0.2, 0.25) is 5.95 Å². The monoisotopic (exact) mass is 349 g/mol. The Kier molecular flexibility index (Phi) is 2.92. The lowest BCUT2D eigenvalue weighted by molar-refractivity contribution is -0.236. The second kappa shape index (κ2) is 4.79. The summed E-state index contributed by atoms with van der Waals surface area (Å²) in [7, 11) is 3.28. The zero-order valence-electron chi connectivity index (χ0n) is 13.9. The van der Waals surface area contributed by atoms with E-state index in [1.807, 2.05) is 0 Å².